The highest BCUT2D eigenvalue weighted by Gasteiger charge is 2.06. The van der Waals surface area contributed by atoms with E-state index in [1.807, 2.05) is 72.8 Å². The van der Waals surface area contributed by atoms with Crippen LogP contribution >= 0.6 is 0 Å². The van der Waals surface area contributed by atoms with Crippen LogP contribution in [0.4, 0.5) is 11.5 Å². The molecule has 154 valence electrons. The van der Waals surface area contributed by atoms with E-state index >= 15 is 0 Å². The van der Waals surface area contributed by atoms with Crippen molar-refractivity contribution in [3.8, 4) is 11.5 Å². The molecule has 5 heteroatoms. The quantitative estimate of drug-likeness (QED) is 0.398. The predicted molar refractivity (Wildman–Crippen MR) is 123 cm³/mol. The van der Waals surface area contributed by atoms with Crippen molar-refractivity contribution >= 4 is 17.4 Å². The van der Waals surface area contributed by atoms with Crippen molar-refractivity contribution in [2.45, 2.75) is 6.42 Å². The molecule has 0 aliphatic carbocycles. The Balaban J connectivity index is 1.28. The molecule has 4 aromatic rings. The van der Waals surface area contributed by atoms with Gasteiger partial charge < -0.3 is 15.4 Å². The number of carbonyl (C=O) groups is 1. The number of aromatic nitrogens is 1. The number of anilines is 2. The number of amides is 1. The van der Waals surface area contributed by atoms with Gasteiger partial charge in [-0.15, -0.1) is 0 Å². The average molecular weight is 409 g/mol. The van der Waals surface area contributed by atoms with Gasteiger partial charge in [-0.1, -0.05) is 48.5 Å². The summed E-state index contributed by atoms with van der Waals surface area (Å²) in [6.07, 6.45) is 2.37. The van der Waals surface area contributed by atoms with Crippen LogP contribution in [0.15, 0.2) is 103 Å². The number of hydrogen-bond acceptors (Lipinski definition) is 4. The summed E-state index contributed by atoms with van der Waals surface area (Å²) in [6, 6.07) is 30.9. The number of para-hydroxylation sites is 1. The first-order valence-electron chi connectivity index (χ1n) is 10.1. The lowest BCUT2D eigenvalue weighted by molar-refractivity contribution is 0.0954. The molecule has 3 aromatic carbocycles. The summed E-state index contributed by atoms with van der Waals surface area (Å²) in [5, 5.41) is 6.16. The Hall–Kier alpha value is -4.12. The van der Waals surface area contributed by atoms with Gasteiger partial charge >= 0.3 is 0 Å². The molecule has 0 saturated carbocycles. The maximum atomic E-state index is 12.3. The number of rotatable bonds is 8. The van der Waals surface area contributed by atoms with Gasteiger partial charge in [-0.25, -0.2) is 4.98 Å². The van der Waals surface area contributed by atoms with Crippen molar-refractivity contribution in [2.24, 2.45) is 0 Å². The molecule has 31 heavy (non-hydrogen) atoms. The van der Waals surface area contributed by atoms with Gasteiger partial charge in [0.25, 0.3) is 5.91 Å². The maximum Gasteiger partial charge on any atom is 0.252 e. The van der Waals surface area contributed by atoms with E-state index in [0.717, 1.165) is 23.6 Å². The summed E-state index contributed by atoms with van der Waals surface area (Å²) in [5.74, 6) is 2.09. The van der Waals surface area contributed by atoms with Crippen LogP contribution < -0.4 is 15.4 Å². The zero-order valence-electron chi connectivity index (χ0n) is 17.0. The molecule has 1 amide bonds. The lowest BCUT2D eigenvalue weighted by Gasteiger charge is -2.09. The molecule has 0 saturated heterocycles. The van der Waals surface area contributed by atoms with E-state index in [9.17, 15) is 4.79 Å². The van der Waals surface area contributed by atoms with Crippen LogP contribution in [0.3, 0.4) is 0 Å². The van der Waals surface area contributed by atoms with E-state index in [1.165, 1.54) is 5.56 Å². The van der Waals surface area contributed by atoms with Gasteiger partial charge in [0.15, 0.2) is 0 Å². The first-order valence-corrected chi connectivity index (χ1v) is 10.1. The van der Waals surface area contributed by atoms with Gasteiger partial charge in [0.05, 0.1) is 5.56 Å². The zero-order valence-corrected chi connectivity index (χ0v) is 17.0. The van der Waals surface area contributed by atoms with Crippen LogP contribution in [-0.4, -0.2) is 17.4 Å². The predicted octanol–water partition coefficient (Wildman–Crippen LogP) is 5.59. The second-order valence-corrected chi connectivity index (χ2v) is 6.99. The Bertz CT molecular complexity index is 1100. The highest BCUT2D eigenvalue weighted by molar-refractivity contribution is 5.94. The number of carbonyl (C=O) groups excluding carboxylic acids is 1. The standard InChI is InChI=1S/C26H23N3O2/c30-26(27-18-17-20-7-3-1-4-8-20)21-11-16-25(28-19-21)29-22-12-14-24(15-13-22)31-23-9-5-2-6-10-23/h1-16,19H,17-18H2,(H,27,30)(H,28,29). The fraction of sp³-hybridized carbons (Fsp3) is 0.0769. The maximum absolute atomic E-state index is 12.3. The van der Waals surface area contributed by atoms with E-state index in [1.54, 1.807) is 18.3 Å². The largest absolute Gasteiger partial charge is 0.457 e. The van der Waals surface area contributed by atoms with Gasteiger partial charge in [-0.3, -0.25) is 4.79 Å². The van der Waals surface area contributed by atoms with Crippen LogP contribution in [0.1, 0.15) is 15.9 Å². The number of ether oxygens (including phenoxy) is 1. The van der Waals surface area contributed by atoms with Crippen molar-refractivity contribution in [3.63, 3.8) is 0 Å². The lowest BCUT2D eigenvalue weighted by atomic mass is 10.1. The SMILES string of the molecule is O=C(NCCc1ccccc1)c1ccc(Nc2ccc(Oc3ccccc3)cc2)nc1. The fourth-order valence-corrected chi connectivity index (χ4v) is 3.05. The van der Waals surface area contributed by atoms with Gasteiger partial charge in [0.1, 0.15) is 17.3 Å². The Kier molecular flexibility index (Phi) is 6.55. The molecule has 0 aliphatic heterocycles. The second kappa shape index (κ2) is 10.1. The third kappa shape index (κ3) is 5.93. The lowest BCUT2D eigenvalue weighted by Crippen LogP contribution is -2.25. The summed E-state index contributed by atoms with van der Waals surface area (Å²) in [4.78, 5) is 16.7. The summed E-state index contributed by atoms with van der Waals surface area (Å²) in [5.41, 5.74) is 2.61. The molecule has 1 aromatic heterocycles. The number of nitrogens with zero attached hydrogens (tertiary/aromatic N) is 1. The zero-order chi connectivity index (χ0) is 21.3. The Morgan fingerprint density at radius 2 is 1.45 bits per heavy atom. The van der Waals surface area contributed by atoms with E-state index in [0.29, 0.717) is 17.9 Å². The minimum atomic E-state index is -0.127. The molecule has 0 fully saturated rings. The molecule has 4 rings (SSSR count). The monoisotopic (exact) mass is 409 g/mol. The molecule has 2 N–H and O–H groups in total. The normalized spacial score (nSPS) is 10.3. The van der Waals surface area contributed by atoms with E-state index in [4.69, 9.17) is 4.74 Å². The molecule has 5 nitrogen and oxygen atoms in total. The third-order valence-corrected chi connectivity index (χ3v) is 4.67. The van der Waals surface area contributed by atoms with Crippen molar-refractivity contribution in [2.75, 3.05) is 11.9 Å². The summed E-state index contributed by atoms with van der Waals surface area (Å²) >= 11 is 0. The Morgan fingerprint density at radius 3 is 2.13 bits per heavy atom. The molecular formula is C26H23N3O2. The number of nitrogens with one attached hydrogen (secondary N) is 2. The summed E-state index contributed by atoms with van der Waals surface area (Å²) in [7, 11) is 0. The molecule has 0 aliphatic rings. The van der Waals surface area contributed by atoms with E-state index in [-0.39, 0.29) is 5.91 Å². The van der Waals surface area contributed by atoms with Crippen molar-refractivity contribution in [1.82, 2.24) is 10.3 Å². The van der Waals surface area contributed by atoms with Gasteiger partial charge in [-0.2, -0.15) is 0 Å². The van der Waals surface area contributed by atoms with Crippen LogP contribution in [-0.2, 0) is 6.42 Å². The third-order valence-electron chi connectivity index (χ3n) is 4.67. The minimum Gasteiger partial charge on any atom is -0.457 e. The van der Waals surface area contributed by atoms with E-state index < -0.39 is 0 Å². The first kappa shape index (κ1) is 20.2. The number of hydrogen-bond donors (Lipinski definition) is 2. The molecular weight excluding hydrogens is 386 g/mol. The molecule has 0 unspecified atom stereocenters. The molecule has 0 bridgehead atoms. The molecule has 1 heterocycles. The second-order valence-electron chi connectivity index (χ2n) is 6.99. The van der Waals surface area contributed by atoms with Gasteiger partial charge in [0.2, 0.25) is 0 Å². The fourth-order valence-electron chi connectivity index (χ4n) is 3.05. The smallest absolute Gasteiger partial charge is 0.252 e. The van der Waals surface area contributed by atoms with Crippen molar-refractivity contribution < 1.29 is 9.53 Å². The highest BCUT2D eigenvalue weighted by Crippen LogP contribution is 2.23. The van der Waals surface area contributed by atoms with Gasteiger partial charge in [0, 0.05) is 18.4 Å². The highest BCUT2D eigenvalue weighted by atomic mass is 16.5. The summed E-state index contributed by atoms with van der Waals surface area (Å²) in [6.45, 7) is 0.584. The van der Waals surface area contributed by atoms with Gasteiger partial charge in [-0.05, 0) is 60.5 Å². The summed E-state index contributed by atoms with van der Waals surface area (Å²) < 4.78 is 5.80. The van der Waals surface area contributed by atoms with Crippen molar-refractivity contribution in [1.29, 1.82) is 0 Å². The minimum absolute atomic E-state index is 0.127. The van der Waals surface area contributed by atoms with E-state index in [2.05, 4.69) is 27.8 Å². The Morgan fingerprint density at radius 1 is 0.774 bits per heavy atom. The Labute approximate surface area is 181 Å². The van der Waals surface area contributed by atoms with Crippen LogP contribution in [0, 0.1) is 0 Å². The van der Waals surface area contributed by atoms with Crippen LogP contribution in [0.5, 0.6) is 11.5 Å². The molecule has 0 spiro atoms. The first-order chi connectivity index (χ1) is 15.3. The number of benzene rings is 3. The van der Waals surface area contributed by atoms with Crippen molar-refractivity contribution in [3.05, 3.63) is 114 Å². The average Bonchev–Trinajstić information content (AvgIpc) is 2.82. The van der Waals surface area contributed by atoms with Crippen LogP contribution in [0.2, 0.25) is 0 Å². The molecule has 0 atom stereocenters. The topological polar surface area (TPSA) is 63.2 Å². The number of pyridine rings is 1. The van der Waals surface area contributed by atoms with Crippen LogP contribution in [0.25, 0.3) is 0 Å². The molecule has 0 radical (unpaired) electrons.